The monoisotopic (exact) mass is 379 g/mol. The molecule has 2 unspecified atom stereocenters. The Hall–Kier alpha value is -2.22. The molecule has 0 saturated carbocycles. The summed E-state index contributed by atoms with van der Waals surface area (Å²) in [4.78, 5) is 1.86. The van der Waals surface area contributed by atoms with Crippen LogP contribution in [-0.2, 0) is 11.3 Å². The van der Waals surface area contributed by atoms with Gasteiger partial charge in [-0.15, -0.1) is 0 Å². The topological polar surface area (TPSA) is 51.2 Å². The molecule has 146 valence electrons. The van der Waals surface area contributed by atoms with Gasteiger partial charge >= 0.3 is 0 Å². The fourth-order valence-corrected chi connectivity index (χ4v) is 2.91. The minimum Gasteiger partial charge on any atom is -0.454 e. The van der Waals surface area contributed by atoms with E-state index in [1.54, 1.807) is 6.07 Å². The maximum Gasteiger partial charge on any atom is 0.231 e. The van der Waals surface area contributed by atoms with Gasteiger partial charge in [-0.25, -0.2) is 8.78 Å². The minimum absolute atomic E-state index is 0.156. The lowest BCUT2D eigenvalue weighted by molar-refractivity contribution is 0.00848. The van der Waals surface area contributed by atoms with Crippen LogP contribution < -0.4 is 9.47 Å². The molecule has 1 aliphatic rings. The van der Waals surface area contributed by atoms with E-state index in [2.05, 4.69) is 0 Å². The number of hydrogen-bond acceptors (Lipinski definition) is 5. The summed E-state index contributed by atoms with van der Waals surface area (Å²) in [6.07, 6.45) is -0.711. The molecule has 2 aromatic rings. The molecule has 27 heavy (non-hydrogen) atoms. The van der Waals surface area contributed by atoms with Gasteiger partial charge in [0.05, 0.1) is 19.3 Å². The molecular formula is C20H23F2NO4. The Labute approximate surface area is 157 Å². The highest BCUT2D eigenvalue weighted by Crippen LogP contribution is 2.32. The normalized spacial score (nSPS) is 15.2. The highest BCUT2D eigenvalue weighted by Gasteiger charge is 2.18. The van der Waals surface area contributed by atoms with Crippen molar-refractivity contribution >= 4 is 0 Å². The molecule has 5 nitrogen and oxygen atoms in total. The maximum absolute atomic E-state index is 13.4. The van der Waals surface area contributed by atoms with Gasteiger partial charge in [0.1, 0.15) is 0 Å². The van der Waals surface area contributed by atoms with Crippen molar-refractivity contribution in [2.45, 2.75) is 25.7 Å². The Balaban J connectivity index is 1.45. The van der Waals surface area contributed by atoms with Crippen LogP contribution in [0.1, 0.15) is 24.1 Å². The fourth-order valence-electron chi connectivity index (χ4n) is 2.91. The van der Waals surface area contributed by atoms with Gasteiger partial charge in [0.25, 0.3) is 0 Å². The number of benzene rings is 2. The first kappa shape index (κ1) is 19.5. The Morgan fingerprint density at radius 2 is 1.89 bits per heavy atom. The predicted molar refractivity (Wildman–Crippen MR) is 95.6 cm³/mol. The van der Waals surface area contributed by atoms with Crippen molar-refractivity contribution in [1.29, 1.82) is 0 Å². The summed E-state index contributed by atoms with van der Waals surface area (Å²) in [7, 11) is 1.81. The van der Waals surface area contributed by atoms with Crippen molar-refractivity contribution in [2.24, 2.45) is 0 Å². The summed E-state index contributed by atoms with van der Waals surface area (Å²) in [6.45, 7) is 2.93. The lowest BCUT2D eigenvalue weighted by Crippen LogP contribution is -2.34. The highest BCUT2D eigenvalue weighted by molar-refractivity contribution is 5.44. The lowest BCUT2D eigenvalue weighted by Gasteiger charge is -2.27. The summed E-state index contributed by atoms with van der Waals surface area (Å²) in [6, 6.07) is 9.22. The number of fused-ring (bicyclic) bond motifs is 1. The van der Waals surface area contributed by atoms with Crippen LogP contribution in [0.25, 0.3) is 0 Å². The fraction of sp³-hybridized carbons (Fsp3) is 0.400. The molecule has 0 radical (unpaired) electrons. The van der Waals surface area contributed by atoms with Gasteiger partial charge in [-0.1, -0.05) is 12.1 Å². The van der Waals surface area contributed by atoms with Gasteiger partial charge < -0.3 is 19.3 Å². The van der Waals surface area contributed by atoms with Crippen molar-refractivity contribution in [1.82, 2.24) is 4.90 Å². The van der Waals surface area contributed by atoms with E-state index in [-0.39, 0.29) is 19.4 Å². The zero-order chi connectivity index (χ0) is 19.4. The Morgan fingerprint density at radius 1 is 1.11 bits per heavy atom. The van der Waals surface area contributed by atoms with E-state index in [0.29, 0.717) is 30.2 Å². The summed E-state index contributed by atoms with van der Waals surface area (Å²) >= 11 is 0. The minimum atomic E-state index is -0.875. The summed E-state index contributed by atoms with van der Waals surface area (Å²) < 4.78 is 42.6. The number of hydrogen-bond donors (Lipinski definition) is 1. The Kier molecular flexibility index (Phi) is 6.26. The smallest absolute Gasteiger partial charge is 0.231 e. The van der Waals surface area contributed by atoms with E-state index in [9.17, 15) is 13.9 Å². The summed E-state index contributed by atoms with van der Waals surface area (Å²) in [5.74, 6) is -0.339. The first-order valence-electron chi connectivity index (χ1n) is 8.73. The molecule has 0 fully saturated rings. The molecule has 2 atom stereocenters. The van der Waals surface area contributed by atoms with Crippen LogP contribution in [0.4, 0.5) is 8.78 Å². The van der Waals surface area contributed by atoms with Crippen LogP contribution in [0.3, 0.4) is 0 Å². The highest BCUT2D eigenvalue weighted by atomic mass is 19.2. The first-order chi connectivity index (χ1) is 12.9. The van der Waals surface area contributed by atoms with Crippen LogP contribution >= 0.6 is 0 Å². The Morgan fingerprint density at radius 3 is 2.67 bits per heavy atom. The van der Waals surface area contributed by atoms with Crippen molar-refractivity contribution in [3.05, 3.63) is 59.2 Å². The molecule has 1 N–H and O–H groups in total. The molecule has 3 rings (SSSR count). The van der Waals surface area contributed by atoms with Crippen LogP contribution in [-0.4, -0.2) is 43.1 Å². The predicted octanol–water partition coefficient (Wildman–Crippen LogP) is 3.26. The average Bonchev–Trinajstić information content (AvgIpc) is 3.11. The largest absolute Gasteiger partial charge is 0.454 e. The van der Waals surface area contributed by atoms with E-state index in [1.165, 1.54) is 6.07 Å². The standard InChI is InChI=1S/C20H23F2NO4/c1-13(15-4-5-17(21)18(22)8-15)23(2)9-16(24)11-25-10-14-3-6-19-20(7-14)27-12-26-19/h3-8,13,16,24H,9-12H2,1-2H3. The summed E-state index contributed by atoms with van der Waals surface area (Å²) in [5.41, 5.74) is 1.57. The van der Waals surface area contributed by atoms with Gasteiger partial charge in [0, 0.05) is 12.6 Å². The number of rotatable bonds is 8. The zero-order valence-electron chi connectivity index (χ0n) is 15.3. The molecule has 1 heterocycles. The molecule has 0 saturated heterocycles. The van der Waals surface area contributed by atoms with Crippen molar-refractivity contribution in [2.75, 3.05) is 27.0 Å². The number of aliphatic hydroxyl groups is 1. The molecule has 0 spiro atoms. The quantitative estimate of drug-likeness (QED) is 0.763. The third-order valence-electron chi connectivity index (χ3n) is 4.60. The molecular weight excluding hydrogens is 356 g/mol. The molecule has 7 heteroatoms. The van der Waals surface area contributed by atoms with E-state index in [4.69, 9.17) is 14.2 Å². The molecule has 2 aromatic carbocycles. The number of halogens is 2. The van der Waals surface area contributed by atoms with Gasteiger partial charge in [0.15, 0.2) is 23.1 Å². The van der Waals surface area contributed by atoms with Gasteiger partial charge in [-0.3, -0.25) is 4.90 Å². The number of aliphatic hydroxyl groups excluding tert-OH is 1. The molecule has 0 aromatic heterocycles. The van der Waals surface area contributed by atoms with E-state index in [1.807, 2.05) is 37.1 Å². The van der Waals surface area contributed by atoms with Gasteiger partial charge in [-0.2, -0.15) is 0 Å². The lowest BCUT2D eigenvalue weighted by atomic mass is 10.1. The number of ether oxygens (including phenoxy) is 3. The maximum atomic E-state index is 13.4. The molecule has 0 amide bonds. The van der Waals surface area contributed by atoms with Crippen molar-refractivity contribution < 1.29 is 28.1 Å². The van der Waals surface area contributed by atoms with Crippen LogP contribution in [0.15, 0.2) is 36.4 Å². The molecule has 1 aliphatic heterocycles. The molecule has 0 bridgehead atoms. The van der Waals surface area contributed by atoms with Gasteiger partial charge in [0.2, 0.25) is 6.79 Å². The summed E-state index contributed by atoms with van der Waals surface area (Å²) in [5, 5.41) is 10.2. The average molecular weight is 379 g/mol. The van der Waals surface area contributed by atoms with E-state index in [0.717, 1.165) is 11.6 Å². The number of likely N-dealkylation sites (N-methyl/N-ethyl adjacent to an activating group) is 1. The second-order valence-electron chi connectivity index (χ2n) is 6.65. The zero-order valence-corrected chi connectivity index (χ0v) is 15.3. The third kappa shape index (κ3) is 4.94. The molecule has 0 aliphatic carbocycles. The Bertz CT molecular complexity index is 787. The SMILES string of the molecule is CC(c1ccc(F)c(F)c1)N(C)CC(O)COCc1ccc2c(c1)OCO2. The van der Waals surface area contributed by atoms with Crippen LogP contribution in [0.5, 0.6) is 11.5 Å². The number of nitrogens with zero attached hydrogens (tertiary/aromatic N) is 1. The second-order valence-corrected chi connectivity index (χ2v) is 6.65. The van der Waals surface area contributed by atoms with Crippen LogP contribution in [0, 0.1) is 11.6 Å². The van der Waals surface area contributed by atoms with Gasteiger partial charge in [-0.05, 0) is 49.4 Å². The third-order valence-corrected chi connectivity index (χ3v) is 4.60. The first-order valence-corrected chi connectivity index (χ1v) is 8.73. The van der Waals surface area contributed by atoms with Crippen molar-refractivity contribution in [3.8, 4) is 11.5 Å². The second kappa shape index (κ2) is 8.65. The van der Waals surface area contributed by atoms with E-state index >= 15 is 0 Å². The van der Waals surface area contributed by atoms with E-state index < -0.39 is 17.7 Å². The van der Waals surface area contributed by atoms with Crippen molar-refractivity contribution in [3.63, 3.8) is 0 Å². The van der Waals surface area contributed by atoms with Crippen LogP contribution in [0.2, 0.25) is 0 Å².